The average molecular weight is 440 g/mol. The second kappa shape index (κ2) is 7.03. The van der Waals surface area contributed by atoms with Gasteiger partial charge in [0.2, 0.25) is 5.13 Å². The van der Waals surface area contributed by atoms with Gasteiger partial charge < -0.3 is 9.84 Å². The maximum atomic E-state index is 13.0. The van der Waals surface area contributed by atoms with E-state index in [1.165, 1.54) is 27.6 Å². The van der Waals surface area contributed by atoms with Gasteiger partial charge in [0, 0.05) is 16.9 Å². The van der Waals surface area contributed by atoms with Crippen molar-refractivity contribution in [3.05, 3.63) is 62.3 Å². The molecule has 1 amide bonds. The number of aryl methyl sites for hydroxylation is 1. The predicted octanol–water partition coefficient (Wildman–Crippen LogP) is 3.86. The van der Waals surface area contributed by atoms with Crippen LogP contribution < -0.4 is 9.64 Å². The lowest BCUT2D eigenvalue weighted by Crippen LogP contribution is -2.29. The number of amides is 1. The molecule has 3 aromatic rings. The molecule has 7 nitrogen and oxygen atoms in total. The Kier molecular flexibility index (Phi) is 4.44. The number of ketones is 1. The second-order valence-electron chi connectivity index (χ2n) is 7.24. The summed E-state index contributed by atoms with van der Waals surface area (Å²) in [5, 5.41) is 22.1. The molecule has 0 spiro atoms. The first-order valence-electron chi connectivity index (χ1n) is 9.38. The monoisotopic (exact) mass is 439 g/mol. The molecule has 30 heavy (non-hydrogen) atoms. The fourth-order valence-corrected chi connectivity index (χ4v) is 5.39. The Morgan fingerprint density at radius 2 is 2.10 bits per heavy atom. The van der Waals surface area contributed by atoms with E-state index in [2.05, 4.69) is 10.2 Å². The van der Waals surface area contributed by atoms with Gasteiger partial charge in [-0.15, -0.1) is 21.5 Å². The van der Waals surface area contributed by atoms with E-state index in [1.54, 1.807) is 19.1 Å². The second-order valence-corrected chi connectivity index (χ2v) is 9.38. The molecule has 5 rings (SSSR count). The van der Waals surface area contributed by atoms with Crippen molar-refractivity contribution in [2.45, 2.75) is 32.4 Å². The molecule has 1 saturated heterocycles. The third kappa shape index (κ3) is 2.93. The highest BCUT2D eigenvalue weighted by molar-refractivity contribution is 7.15. The lowest BCUT2D eigenvalue weighted by atomic mass is 9.98. The Bertz CT molecular complexity index is 1200. The van der Waals surface area contributed by atoms with Crippen molar-refractivity contribution in [2.24, 2.45) is 0 Å². The van der Waals surface area contributed by atoms with Crippen molar-refractivity contribution >= 4 is 45.3 Å². The average Bonchev–Trinajstić information content (AvgIpc) is 3.48. The van der Waals surface area contributed by atoms with Gasteiger partial charge in [-0.2, -0.15) is 0 Å². The molecule has 152 valence electrons. The summed E-state index contributed by atoms with van der Waals surface area (Å²) >= 11 is 2.64. The Morgan fingerprint density at radius 3 is 2.80 bits per heavy atom. The molecule has 0 unspecified atom stereocenters. The fraction of sp³-hybridized carbons (Fsp3) is 0.238. The maximum Gasteiger partial charge on any atom is 0.301 e. The van der Waals surface area contributed by atoms with Crippen LogP contribution in [0.3, 0.4) is 0 Å². The van der Waals surface area contributed by atoms with Crippen molar-refractivity contribution in [3.63, 3.8) is 0 Å². The van der Waals surface area contributed by atoms with Gasteiger partial charge in [-0.05, 0) is 49.1 Å². The minimum absolute atomic E-state index is 0.0576. The van der Waals surface area contributed by atoms with Gasteiger partial charge in [0.25, 0.3) is 5.78 Å². The zero-order chi connectivity index (χ0) is 21.0. The number of benzene rings is 1. The summed E-state index contributed by atoms with van der Waals surface area (Å²) < 4.78 is 5.72. The molecule has 4 heterocycles. The predicted molar refractivity (Wildman–Crippen MR) is 114 cm³/mol. The van der Waals surface area contributed by atoms with E-state index in [-0.39, 0.29) is 17.4 Å². The summed E-state index contributed by atoms with van der Waals surface area (Å²) in [6, 6.07) is 8.26. The summed E-state index contributed by atoms with van der Waals surface area (Å²) in [6.07, 6.45) is 0.790. The highest BCUT2D eigenvalue weighted by Gasteiger charge is 2.48. The van der Waals surface area contributed by atoms with Crippen LogP contribution in [0.2, 0.25) is 0 Å². The van der Waals surface area contributed by atoms with Crippen LogP contribution in [0.15, 0.2) is 41.3 Å². The van der Waals surface area contributed by atoms with Crippen LogP contribution in [0.1, 0.15) is 34.0 Å². The summed E-state index contributed by atoms with van der Waals surface area (Å²) in [5.74, 6) is -0.871. The maximum absolute atomic E-state index is 13.0. The normalized spacial score (nSPS) is 22.4. The molecule has 0 radical (unpaired) electrons. The minimum atomic E-state index is -0.749. The Labute approximate surface area is 180 Å². The number of aromatic nitrogens is 2. The molecule has 2 aliphatic rings. The lowest BCUT2D eigenvalue weighted by molar-refractivity contribution is -0.132. The molecule has 1 N–H and O–H groups in total. The smallest absolute Gasteiger partial charge is 0.301 e. The van der Waals surface area contributed by atoms with Crippen molar-refractivity contribution < 1.29 is 19.4 Å². The van der Waals surface area contributed by atoms with Crippen LogP contribution in [-0.2, 0) is 16.0 Å². The number of hydrogen-bond donors (Lipinski definition) is 1. The number of anilines is 1. The van der Waals surface area contributed by atoms with Crippen molar-refractivity contribution in [1.82, 2.24) is 10.2 Å². The largest absolute Gasteiger partial charge is 0.507 e. The first kappa shape index (κ1) is 19.0. The van der Waals surface area contributed by atoms with Crippen LogP contribution in [0.4, 0.5) is 5.13 Å². The molecule has 0 saturated carbocycles. The van der Waals surface area contributed by atoms with Crippen LogP contribution in [0.5, 0.6) is 5.75 Å². The number of carbonyl (C=O) groups excluding carboxylic acids is 2. The Hall–Kier alpha value is -3.04. The molecule has 0 aliphatic carbocycles. The number of nitrogens with zero attached hydrogens (tertiary/aromatic N) is 3. The van der Waals surface area contributed by atoms with Crippen LogP contribution in [0, 0.1) is 6.92 Å². The fourth-order valence-electron chi connectivity index (χ4n) is 3.85. The van der Waals surface area contributed by atoms with Crippen LogP contribution in [0.25, 0.3) is 5.76 Å². The van der Waals surface area contributed by atoms with Crippen LogP contribution in [-0.4, -0.2) is 33.1 Å². The first-order valence-corrected chi connectivity index (χ1v) is 11.1. The summed E-state index contributed by atoms with van der Waals surface area (Å²) in [5.41, 5.74) is 1.51. The SMILES string of the molecule is Cc1nnc(N2C(=O)C(=O)C(=C(O)c3ccc4c(c3)C[C@H](C)O4)[C@H]2c2cccs2)s1. The molecular weight excluding hydrogens is 422 g/mol. The molecule has 2 atom stereocenters. The van der Waals surface area contributed by atoms with Gasteiger partial charge >= 0.3 is 5.91 Å². The topological polar surface area (TPSA) is 92.6 Å². The summed E-state index contributed by atoms with van der Waals surface area (Å²) in [6.45, 7) is 3.76. The van der Waals surface area contributed by atoms with Crippen molar-refractivity contribution in [1.29, 1.82) is 0 Å². The molecule has 2 aromatic heterocycles. The van der Waals surface area contributed by atoms with Gasteiger partial charge in [-0.1, -0.05) is 17.4 Å². The number of rotatable bonds is 3. The zero-order valence-electron chi connectivity index (χ0n) is 16.2. The van der Waals surface area contributed by atoms with Crippen LogP contribution >= 0.6 is 22.7 Å². The van der Waals surface area contributed by atoms with Gasteiger partial charge in [-0.3, -0.25) is 14.5 Å². The van der Waals surface area contributed by atoms with E-state index in [9.17, 15) is 14.7 Å². The van der Waals surface area contributed by atoms with Gasteiger partial charge in [0.15, 0.2) is 0 Å². The number of aliphatic hydroxyl groups excluding tert-OH is 1. The molecule has 9 heteroatoms. The van der Waals surface area contributed by atoms with Crippen molar-refractivity contribution in [2.75, 3.05) is 4.90 Å². The minimum Gasteiger partial charge on any atom is -0.507 e. The molecule has 1 fully saturated rings. The third-order valence-corrected chi connectivity index (χ3v) is 6.91. The van der Waals surface area contributed by atoms with E-state index >= 15 is 0 Å². The zero-order valence-corrected chi connectivity index (χ0v) is 17.8. The number of aliphatic hydroxyl groups is 1. The van der Waals surface area contributed by atoms with Gasteiger partial charge in [-0.25, -0.2) is 0 Å². The van der Waals surface area contributed by atoms with E-state index in [4.69, 9.17) is 4.74 Å². The molecular formula is C21H17N3O4S2. The third-order valence-electron chi connectivity index (χ3n) is 5.15. The van der Waals surface area contributed by atoms with E-state index < -0.39 is 17.7 Å². The molecule has 2 aliphatic heterocycles. The number of ether oxygens (including phenoxy) is 1. The Morgan fingerprint density at radius 1 is 1.27 bits per heavy atom. The first-order chi connectivity index (χ1) is 14.4. The number of fused-ring (bicyclic) bond motifs is 1. The van der Waals surface area contributed by atoms with E-state index in [1.807, 2.05) is 30.5 Å². The Balaban J connectivity index is 1.67. The van der Waals surface area contributed by atoms with E-state index in [0.717, 1.165) is 22.6 Å². The highest BCUT2D eigenvalue weighted by Crippen LogP contribution is 2.44. The van der Waals surface area contributed by atoms with Gasteiger partial charge in [0.05, 0.1) is 5.57 Å². The number of thiophene rings is 1. The number of Topliss-reactive ketones (excluding diaryl/α,β-unsaturated/α-hetero) is 1. The summed E-state index contributed by atoms with van der Waals surface area (Å²) in [7, 11) is 0. The molecule has 1 aromatic carbocycles. The molecule has 0 bridgehead atoms. The van der Waals surface area contributed by atoms with Crippen molar-refractivity contribution in [3.8, 4) is 5.75 Å². The summed E-state index contributed by atoms with van der Waals surface area (Å²) in [4.78, 5) is 28.1. The number of hydrogen-bond acceptors (Lipinski definition) is 8. The highest BCUT2D eigenvalue weighted by atomic mass is 32.1. The lowest BCUT2D eigenvalue weighted by Gasteiger charge is -2.21. The van der Waals surface area contributed by atoms with E-state index in [0.29, 0.717) is 15.7 Å². The standard InChI is InChI=1S/C21H17N3O4S2/c1-10-8-13-9-12(5-6-14(13)28-10)18(25)16-17(15-4-3-7-29-15)24(20(27)19(16)26)21-23-22-11(2)30-21/h3-7,9-10,17,25H,8H2,1-2H3/t10-,17+/m0/s1. The number of carbonyl (C=O) groups is 2. The quantitative estimate of drug-likeness (QED) is 0.379. The van der Waals surface area contributed by atoms with Gasteiger partial charge in [0.1, 0.15) is 28.7 Å².